The Bertz CT molecular complexity index is 394. The van der Waals surface area contributed by atoms with Crippen molar-refractivity contribution in [1.29, 1.82) is 0 Å². The number of benzene rings is 1. The Hall–Kier alpha value is -0.600. The lowest BCUT2D eigenvalue weighted by Crippen LogP contribution is -2.09. The van der Waals surface area contributed by atoms with E-state index in [9.17, 15) is 0 Å². The van der Waals surface area contributed by atoms with Crippen LogP contribution in [0.3, 0.4) is 0 Å². The fourth-order valence-corrected chi connectivity index (χ4v) is 2.78. The summed E-state index contributed by atoms with van der Waals surface area (Å²) in [6.45, 7) is 2.76. The average Bonchev–Trinajstić information content (AvgIpc) is 2.17. The van der Waals surface area contributed by atoms with Crippen molar-refractivity contribution < 1.29 is 0 Å². The second-order valence-corrected chi connectivity index (χ2v) is 4.60. The van der Waals surface area contributed by atoms with Crippen LogP contribution < -0.4 is 5.73 Å². The Kier molecular flexibility index (Phi) is 2.75. The predicted molar refractivity (Wildman–Crippen MR) is 64.2 cm³/mol. The Morgan fingerprint density at radius 2 is 2.21 bits per heavy atom. The molecule has 14 heavy (non-hydrogen) atoms. The van der Waals surface area contributed by atoms with Gasteiger partial charge in [-0.25, -0.2) is 0 Å². The zero-order chi connectivity index (χ0) is 10.1. The molecule has 0 atom stereocenters. The van der Waals surface area contributed by atoms with Crippen LogP contribution in [0.4, 0.5) is 0 Å². The molecule has 0 saturated carbocycles. The molecule has 0 amide bonds. The monoisotopic (exact) mass is 251 g/mol. The SMILES string of the molecule is Cc1cc(Br)c2c(c1)C(CN)=CCC2. The van der Waals surface area contributed by atoms with Gasteiger partial charge in [0.25, 0.3) is 0 Å². The Labute approximate surface area is 93.1 Å². The number of hydrogen-bond donors (Lipinski definition) is 1. The van der Waals surface area contributed by atoms with E-state index in [1.807, 2.05) is 0 Å². The van der Waals surface area contributed by atoms with Gasteiger partial charge < -0.3 is 5.73 Å². The number of rotatable bonds is 1. The summed E-state index contributed by atoms with van der Waals surface area (Å²) in [5.41, 5.74) is 11.1. The summed E-state index contributed by atoms with van der Waals surface area (Å²) in [4.78, 5) is 0. The number of aryl methyl sites for hydroxylation is 1. The molecule has 0 unspecified atom stereocenters. The molecule has 0 aliphatic heterocycles. The maximum atomic E-state index is 5.73. The number of allylic oxidation sites excluding steroid dienone is 1. The van der Waals surface area contributed by atoms with E-state index in [4.69, 9.17) is 5.73 Å². The van der Waals surface area contributed by atoms with Gasteiger partial charge in [0, 0.05) is 11.0 Å². The molecule has 0 radical (unpaired) electrons. The Morgan fingerprint density at radius 3 is 2.93 bits per heavy atom. The number of hydrogen-bond acceptors (Lipinski definition) is 1. The van der Waals surface area contributed by atoms with Crippen LogP contribution in [0.1, 0.15) is 23.1 Å². The van der Waals surface area contributed by atoms with Gasteiger partial charge in [-0.05, 0) is 48.1 Å². The van der Waals surface area contributed by atoms with E-state index in [-0.39, 0.29) is 0 Å². The molecule has 0 fully saturated rings. The molecule has 1 nitrogen and oxygen atoms in total. The fraction of sp³-hybridized carbons (Fsp3) is 0.333. The standard InChI is InChI=1S/C12H14BrN/c1-8-5-11-9(7-14)3-2-4-10(11)12(13)6-8/h3,5-6H,2,4,7,14H2,1H3. The molecule has 1 aromatic carbocycles. The minimum absolute atomic E-state index is 0.642. The minimum Gasteiger partial charge on any atom is -0.326 e. The summed E-state index contributed by atoms with van der Waals surface area (Å²) in [6, 6.07) is 4.41. The average molecular weight is 252 g/mol. The van der Waals surface area contributed by atoms with Crippen molar-refractivity contribution >= 4 is 21.5 Å². The first-order valence-electron chi connectivity index (χ1n) is 4.91. The first-order valence-corrected chi connectivity index (χ1v) is 5.70. The van der Waals surface area contributed by atoms with Crippen molar-refractivity contribution in [1.82, 2.24) is 0 Å². The summed E-state index contributed by atoms with van der Waals surface area (Å²) in [7, 11) is 0. The molecule has 1 aromatic rings. The van der Waals surface area contributed by atoms with E-state index >= 15 is 0 Å². The van der Waals surface area contributed by atoms with Crippen molar-refractivity contribution in [3.05, 3.63) is 39.4 Å². The maximum Gasteiger partial charge on any atom is 0.0216 e. The van der Waals surface area contributed by atoms with Gasteiger partial charge in [-0.3, -0.25) is 0 Å². The smallest absolute Gasteiger partial charge is 0.0216 e. The molecular weight excluding hydrogens is 238 g/mol. The molecule has 0 heterocycles. The maximum absolute atomic E-state index is 5.73. The zero-order valence-corrected chi connectivity index (χ0v) is 9.89. The normalized spacial score (nSPS) is 14.9. The summed E-state index contributed by atoms with van der Waals surface area (Å²) >= 11 is 3.62. The highest BCUT2D eigenvalue weighted by atomic mass is 79.9. The van der Waals surface area contributed by atoms with Gasteiger partial charge >= 0.3 is 0 Å². The number of halogens is 1. The van der Waals surface area contributed by atoms with E-state index in [0.29, 0.717) is 6.54 Å². The van der Waals surface area contributed by atoms with Gasteiger partial charge in [-0.2, -0.15) is 0 Å². The predicted octanol–water partition coefficient (Wildman–Crippen LogP) is 3.05. The van der Waals surface area contributed by atoms with Crippen LogP contribution in [-0.4, -0.2) is 6.54 Å². The molecule has 2 N–H and O–H groups in total. The van der Waals surface area contributed by atoms with Crippen molar-refractivity contribution in [2.24, 2.45) is 5.73 Å². The lowest BCUT2D eigenvalue weighted by atomic mass is 9.89. The van der Waals surface area contributed by atoms with Crippen molar-refractivity contribution in [3.8, 4) is 0 Å². The van der Waals surface area contributed by atoms with Crippen LogP contribution in [0.2, 0.25) is 0 Å². The molecule has 0 saturated heterocycles. The van der Waals surface area contributed by atoms with Gasteiger partial charge in [0.1, 0.15) is 0 Å². The third-order valence-corrected chi connectivity index (χ3v) is 3.40. The van der Waals surface area contributed by atoms with Gasteiger partial charge in [-0.15, -0.1) is 0 Å². The second-order valence-electron chi connectivity index (χ2n) is 3.75. The largest absolute Gasteiger partial charge is 0.326 e. The van der Waals surface area contributed by atoms with Gasteiger partial charge in [0.15, 0.2) is 0 Å². The van der Waals surface area contributed by atoms with Gasteiger partial charge in [-0.1, -0.05) is 28.1 Å². The summed E-state index contributed by atoms with van der Waals surface area (Å²) in [5, 5.41) is 0. The second kappa shape index (κ2) is 3.87. The molecule has 0 bridgehead atoms. The molecule has 2 rings (SSSR count). The van der Waals surface area contributed by atoms with Crippen LogP contribution in [-0.2, 0) is 6.42 Å². The highest BCUT2D eigenvalue weighted by Gasteiger charge is 2.14. The molecule has 2 heteroatoms. The highest BCUT2D eigenvalue weighted by molar-refractivity contribution is 9.10. The quantitative estimate of drug-likeness (QED) is 0.816. The van der Waals surface area contributed by atoms with Crippen molar-refractivity contribution in [2.75, 3.05) is 6.54 Å². The van der Waals surface area contributed by atoms with Crippen molar-refractivity contribution in [3.63, 3.8) is 0 Å². The number of fused-ring (bicyclic) bond motifs is 1. The van der Waals surface area contributed by atoms with E-state index < -0.39 is 0 Å². The van der Waals surface area contributed by atoms with Crippen LogP contribution in [0.25, 0.3) is 5.57 Å². The third-order valence-electron chi connectivity index (χ3n) is 2.69. The van der Waals surface area contributed by atoms with E-state index in [2.05, 4.69) is 41.1 Å². The van der Waals surface area contributed by atoms with Crippen LogP contribution in [0.15, 0.2) is 22.7 Å². The molecular formula is C12H14BrN. The van der Waals surface area contributed by atoms with Gasteiger partial charge in [0.05, 0.1) is 0 Å². The van der Waals surface area contributed by atoms with Crippen molar-refractivity contribution in [2.45, 2.75) is 19.8 Å². The summed E-state index contributed by atoms with van der Waals surface area (Å²) < 4.78 is 1.23. The minimum atomic E-state index is 0.642. The summed E-state index contributed by atoms with van der Waals surface area (Å²) in [6.07, 6.45) is 4.50. The number of nitrogens with two attached hydrogens (primary N) is 1. The highest BCUT2D eigenvalue weighted by Crippen LogP contribution is 2.32. The van der Waals surface area contributed by atoms with E-state index in [1.165, 1.54) is 26.7 Å². The first kappa shape index (κ1) is 9.94. The van der Waals surface area contributed by atoms with E-state index in [1.54, 1.807) is 0 Å². The topological polar surface area (TPSA) is 26.0 Å². The molecule has 0 spiro atoms. The first-order chi connectivity index (χ1) is 6.72. The van der Waals surface area contributed by atoms with Crippen LogP contribution in [0.5, 0.6) is 0 Å². The van der Waals surface area contributed by atoms with E-state index in [0.717, 1.165) is 12.8 Å². The van der Waals surface area contributed by atoms with Crippen LogP contribution >= 0.6 is 15.9 Å². The van der Waals surface area contributed by atoms with Crippen LogP contribution in [0, 0.1) is 6.92 Å². The molecule has 74 valence electrons. The van der Waals surface area contributed by atoms with Gasteiger partial charge in [0.2, 0.25) is 0 Å². The lowest BCUT2D eigenvalue weighted by Gasteiger charge is -2.19. The lowest BCUT2D eigenvalue weighted by molar-refractivity contribution is 0.958. The molecule has 1 aliphatic rings. The Balaban J connectivity index is 2.60. The summed E-state index contributed by atoms with van der Waals surface area (Å²) in [5.74, 6) is 0. The molecule has 1 aliphatic carbocycles. The molecule has 0 aromatic heterocycles. The fourth-order valence-electron chi connectivity index (χ4n) is 2.01. The third kappa shape index (κ3) is 1.64. The Morgan fingerprint density at radius 1 is 1.43 bits per heavy atom. The zero-order valence-electron chi connectivity index (χ0n) is 8.31.